The number of thiophene rings is 1. The molecule has 0 aliphatic carbocycles. The van der Waals surface area contributed by atoms with Gasteiger partial charge in [-0.25, -0.2) is 0 Å². The minimum Gasteiger partial charge on any atom is -0.508 e. The lowest BCUT2D eigenvalue weighted by Gasteiger charge is -2.36. The maximum Gasteiger partial charge on any atom is 0.246 e. The number of carbonyl (C=O) groups excluding carboxylic acids is 5. The number of piperazine rings is 1. The summed E-state index contributed by atoms with van der Waals surface area (Å²) in [6.07, 6.45) is 2.06. The summed E-state index contributed by atoms with van der Waals surface area (Å²) >= 11 is 1.70. The van der Waals surface area contributed by atoms with E-state index in [0.29, 0.717) is 32.0 Å². The third kappa shape index (κ3) is 12.8. The monoisotopic (exact) mass is 1120 g/mol. The fourth-order valence-electron chi connectivity index (χ4n) is 11.6. The van der Waals surface area contributed by atoms with E-state index in [4.69, 9.17) is 4.74 Å². The zero-order chi connectivity index (χ0) is 58.0. The Bertz CT molecular complexity index is 3190. The molecule has 2 fully saturated rings. The van der Waals surface area contributed by atoms with Crippen LogP contribution in [0.25, 0.3) is 10.6 Å². The van der Waals surface area contributed by atoms with Gasteiger partial charge in [0.1, 0.15) is 35.3 Å². The number of ether oxygens (including phenoxy) is 1. The van der Waals surface area contributed by atoms with Crippen LogP contribution >= 0.6 is 11.3 Å². The van der Waals surface area contributed by atoms with Gasteiger partial charge in [0, 0.05) is 80.0 Å². The van der Waals surface area contributed by atoms with Gasteiger partial charge in [-0.2, -0.15) is 0 Å². The lowest BCUT2D eigenvalue weighted by atomic mass is 9.85. The van der Waals surface area contributed by atoms with Crippen LogP contribution < -0.4 is 20.9 Å². The Morgan fingerprint density at radius 3 is 2.12 bits per heavy atom. The molecular weight excluding hydrogens is 1050 g/mol. The van der Waals surface area contributed by atoms with Gasteiger partial charge in [0.05, 0.1) is 43.3 Å². The number of hydrogen-bond acceptors (Lipinski definition) is 14. The Hall–Kier alpha value is -7.26. The summed E-state index contributed by atoms with van der Waals surface area (Å²) in [5, 5.41) is 40.1. The van der Waals surface area contributed by atoms with Gasteiger partial charge in [0.2, 0.25) is 29.5 Å². The smallest absolute Gasteiger partial charge is 0.246 e. The summed E-state index contributed by atoms with van der Waals surface area (Å²) in [5.74, 6) is 0.0308. The van der Waals surface area contributed by atoms with Gasteiger partial charge >= 0.3 is 0 Å². The number of phenolic OH excluding ortho intramolecular Hbond substituents is 1. The molecule has 3 unspecified atom stereocenters. The van der Waals surface area contributed by atoms with Crippen molar-refractivity contribution in [3.05, 3.63) is 128 Å². The predicted octanol–water partition coefficient (Wildman–Crippen LogP) is 6.93. The van der Waals surface area contributed by atoms with E-state index in [9.17, 15) is 34.2 Å². The number of aliphatic imine (C=N–C) groups is 1. The maximum absolute atomic E-state index is 14.2. The molecule has 3 aromatic carbocycles. The zero-order valence-electron chi connectivity index (χ0n) is 48.2. The van der Waals surface area contributed by atoms with Gasteiger partial charge < -0.3 is 45.6 Å². The molecule has 0 saturated carbocycles. The van der Waals surface area contributed by atoms with Crippen LogP contribution in [0.4, 0.5) is 5.69 Å². The number of aryl methyl sites for hydroxylation is 2. The number of β-amino-alcohol motifs (C(OH)–C–C–N with tert-alkyl or cyclic N) is 1. The van der Waals surface area contributed by atoms with Crippen LogP contribution in [0.5, 0.6) is 5.75 Å². The van der Waals surface area contributed by atoms with E-state index in [0.717, 1.165) is 56.4 Å². The lowest BCUT2D eigenvalue weighted by molar-refractivity contribution is -0.144. The second-order valence-corrected chi connectivity index (χ2v) is 24.3. The molecule has 4 aliphatic rings. The first-order valence-electron chi connectivity index (χ1n) is 28.0. The quantitative estimate of drug-likeness (QED) is 0.0598. The molecule has 0 bridgehead atoms. The molecule has 81 heavy (non-hydrogen) atoms. The average molecular weight is 1120 g/mol. The number of phenols is 1. The number of carbonyl (C=O) groups is 5. The summed E-state index contributed by atoms with van der Waals surface area (Å²) < 4.78 is 7.78. The Balaban J connectivity index is 0.719. The number of anilines is 1. The molecule has 5 amide bonds. The first-order valence-corrected chi connectivity index (χ1v) is 28.8. The van der Waals surface area contributed by atoms with Crippen LogP contribution in [0.15, 0.2) is 83.5 Å². The predicted molar refractivity (Wildman–Crippen MR) is 312 cm³/mol. The third-order valence-corrected chi connectivity index (χ3v) is 17.6. The first-order chi connectivity index (χ1) is 38.6. The Kier molecular flexibility index (Phi) is 17.6. The second-order valence-electron chi connectivity index (χ2n) is 23.1. The molecule has 2 saturated heterocycles. The van der Waals surface area contributed by atoms with Crippen molar-refractivity contribution in [2.24, 2.45) is 10.4 Å². The van der Waals surface area contributed by atoms with Crippen molar-refractivity contribution in [3.8, 4) is 10.8 Å². The van der Waals surface area contributed by atoms with Gasteiger partial charge in [0.25, 0.3) is 0 Å². The van der Waals surface area contributed by atoms with Crippen molar-refractivity contribution in [1.82, 2.24) is 45.4 Å². The highest BCUT2D eigenvalue weighted by atomic mass is 32.1. The molecule has 7 atom stereocenters. The number of nitrogens with zero attached hydrogens (tertiary/aromatic N) is 8. The fraction of sp³-hybridized carbons (Fsp3) is 0.475. The topological polar surface area (TPSA) is 227 Å². The normalized spacial score (nSPS) is 20.4. The van der Waals surface area contributed by atoms with Crippen molar-refractivity contribution in [2.45, 2.75) is 130 Å². The summed E-state index contributed by atoms with van der Waals surface area (Å²) in [4.78, 5) is 81.7. The number of benzene rings is 3. The van der Waals surface area contributed by atoms with E-state index < -0.39 is 41.5 Å². The lowest BCUT2D eigenvalue weighted by Crippen LogP contribution is -2.58. The summed E-state index contributed by atoms with van der Waals surface area (Å²) in [6, 6.07) is 20.2. The van der Waals surface area contributed by atoms with Gasteiger partial charge in [-0.1, -0.05) is 69.3 Å². The summed E-state index contributed by atoms with van der Waals surface area (Å²) in [5.41, 5.74) is 8.65. The van der Waals surface area contributed by atoms with E-state index in [1.807, 2.05) is 122 Å². The number of aromatic nitrogens is 3. The highest BCUT2D eigenvalue weighted by Crippen LogP contribution is 2.47. The summed E-state index contributed by atoms with van der Waals surface area (Å²) in [7, 11) is 2.02. The molecule has 5 N–H and O–H groups in total. The molecule has 0 radical (unpaired) electrons. The van der Waals surface area contributed by atoms with Crippen molar-refractivity contribution in [3.63, 3.8) is 0 Å². The minimum absolute atomic E-state index is 0.0123. The average Bonchev–Trinajstić information content (AvgIpc) is 4.41. The number of aromatic hydroxyl groups is 1. The number of aliphatic hydroxyl groups excluding tert-OH is 1. The SMILES string of the molecule is CC1=C(c2ccc([C@H](C)NC(=O)[C@@H]3CC(O)CN3C(=O)[C@@H](NC(=O)COCCC(=O)N3CCN(c4ccc([C@H](C)NC(=O)CC5c6nnc(C)n6-c6sc(C)c(C)c6C(c6ccc(O)cc6)N5C)cc4)CC3)C(C)(C)C)cc2)CC=N1. The van der Waals surface area contributed by atoms with Gasteiger partial charge in [-0.15, -0.1) is 21.5 Å². The number of rotatable bonds is 17. The van der Waals surface area contributed by atoms with E-state index in [-0.39, 0.29) is 80.6 Å². The highest BCUT2D eigenvalue weighted by Gasteiger charge is 2.45. The van der Waals surface area contributed by atoms with Gasteiger partial charge in [-0.05, 0) is 112 Å². The third-order valence-electron chi connectivity index (χ3n) is 16.4. The molecule has 2 aromatic heterocycles. The molecule has 430 valence electrons. The Morgan fingerprint density at radius 2 is 1.48 bits per heavy atom. The fourth-order valence-corrected chi connectivity index (χ4v) is 12.8. The van der Waals surface area contributed by atoms with Crippen molar-refractivity contribution in [2.75, 3.05) is 57.9 Å². The van der Waals surface area contributed by atoms with Crippen LogP contribution in [0.3, 0.4) is 0 Å². The van der Waals surface area contributed by atoms with E-state index >= 15 is 0 Å². The molecule has 5 aromatic rings. The highest BCUT2D eigenvalue weighted by molar-refractivity contribution is 7.14. The van der Waals surface area contributed by atoms with Crippen molar-refractivity contribution >= 4 is 58.3 Å². The standard InChI is InChI=1S/C61H77N11O8S/c1-35-39(5)81-60-54(35)55(44-17-21-46(73)22-18-44)68(10)49(57-67-66-40(6)72(57)60)32-51(75)63-36(2)42-15-19-45(20-16-42)69-26-28-70(29-27-69)53(77)24-30-80-34-52(76)65-56(61(7,8)9)59(79)71-33-47(74)31-50(71)58(78)64-37(3)41-11-13-43(14-12-41)48-23-25-62-38(48)4/h11-22,25,36-37,47,49-50,55-56,73-74H,23-24,26-34H2,1-10H3,(H,63,75)(H,64,78)(H,65,76)/t36-,37-,47?,49?,50-,55?,56+/m0/s1. The molecular formula is C61H77N11O8S. The van der Waals surface area contributed by atoms with E-state index in [1.54, 1.807) is 28.4 Å². The first kappa shape index (κ1) is 58.4. The number of nitrogens with one attached hydrogen (secondary N) is 3. The van der Waals surface area contributed by atoms with Crippen LogP contribution in [0, 0.1) is 26.2 Å². The van der Waals surface area contributed by atoms with Crippen molar-refractivity contribution in [1.29, 1.82) is 0 Å². The number of fused-ring (bicyclic) bond motifs is 3. The molecule has 4 aliphatic heterocycles. The van der Waals surface area contributed by atoms with Crippen LogP contribution in [-0.4, -0.2) is 147 Å². The summed E-state index contributed by atoms with van der Waals surface area (Å²) in [6.45, 7) is 19.3. The van der Waals surface area contributed by atoms with Crippen LogP contribution in [0.1, 0.15) is 141 Å². The van der Waals surface area contributed by atoms with E-state index in [2.05, 4.69) is 59.4 Å². The number of allylic oxidation sites excluding steroid dienone is 2. The van der Waals surface area contributed by atoms with Crippen molar-refractivity contribution < 1.29 is 38.9 Å². The second kappa shape index (κ2) is 24.4. The largest absolute Gasteiger partial charge is 0.508 e. The van der Waals surface area contributed by atoms with Crippen LogP contribution in [-0.2, 0) is 28.7 Å². The minimum atomic E-state index is -1.02. The maximum atomic E-state index is 14.2. The molecule has 19 nitrogen and oxygen atoms in total. The number of aliphatic hydroxyl groups is 1. The zero-order valence-corrected chi connectivity index (χ0v) is 49.0. The molecule has 0 spiro atoms. The molecule has 6 heterocycles. The molecule has 9 rings (SSSR count). The number of hydrogen-bond donors (Lipinski definition) is 5. The Labute approximate surface area is 478 Å². The number of likely N-dealkylation sites (tertiary alicyclic amines) is 1. The van der Waals surface area contributed by atoms with E-state index in [1.165, 1.54) is 20.9 Å². The Morgan fingerprint density at radius 1 is 0.827 bits per heavy atom. The van der Waals surface area contributed by atoms with Crippen LogP contribution in [0.2, 0.25) is 0 Å². The van der Waals surface area contributed by atoms with Gasteiger partial charge in [0.15, 0.2) is 5.82 Å². The van der Waals surface area contributed by atoms with Gasteiger partial charge in [-0.3, -0.25) is 38.4 Å². The number of amides is 5. The molecule has 20 heteroatoms.